The van der Waals surface area contributed by atoms with E-state index in [0.29, 0.717) is 0 Å². The summed E-state index contributed by atoms with van der Waals surface area (Å²) in [5.41, 5.74) is -0.155. The first-order chi connectivity index (χ1) is 8.28. The van der Waals surface area contributed by atoms with Gasteiger partial charge in [0.05, 0.1) is 33.8 Å². The summed E-state index contributed by atoms with van der Waals surface area (Å²) in [4.78, 5) is 0. The minimum absolute atomic E-state index is 0.0773. The minimum Gasteiger partial charge on any atom is -0.762 e. The van der Waals surface area contributed by atoms with Crippen LogP contribution in [0.4, 0.5) is 0 Å². The van der Waals surface area contributed by atoms with Crippen LogP contribution >= 0.6 is 0 Å². The van der Waals surface area contributed by atoms with Crippen molar-refractivity contribution in [2.45, 2.75) is 0 Å². The van der Waals surface area contributed by atoms with E-state index >= 15 is 0 Å². The lowest BCUT2D eigenvalue weighted by Crippen LogP contribution is -2.27. The molecule has 0 aromatic heterocycles. The fourth-order valence-corrected chi connectivity index (χ4v) is 0.440. The molecule has 0 aromatic rings. The molecule has 0 N–H and O–H groups in total. The Kier molecular flexibility index (Phi) is 9.44. The second-order valence-corrected chi connectivity index (χ2v) is 4.48. The molecule has 0 aliphatic carbocycles. The lowest BCUT2D eigenvalue weighted by atomic mass is 10.2. The van der Waals surface area contributed by atoms with Gasteiger partial charge in [-0.2, -0.15) is 15.8 Å². The predicted molar refractivity (Wildman–Crippen MR) is 69.9 cm³/mol. The predicted octanol–water partition coefficient (Wildman–Crippen LogP) is 1.53. The molecule has 0 atom stereocenters. The van der Waals surface area contributed by atoms with Gasteiger partial charge in [0.1, 0.15) is 23.8 Å². The average molecular weight is 241 g/mol. The maximum Gasteiger partial charge on any atom is 0.129 e. The molecule has 0 radical (unpaired) electrons. The Morgan fingerprint density at radius 3 is 1.72 bits per heavy atom. The Balaban J connectivity index is 0. The Labute approximate surface area is 108 Å². The van der Waals surface area contributed by atoms with Gasteiger partial charge in [0.25, 0.3) is 0 Å². The molecule has 5 nitrogen and oxygen atoms in total. The lowest BCUT2D eigenvalue weighted by molar-refractivity contribution is -0.849. The van der Waals surface area contributed by atoms with Crippen LogP contribution in [0.5, 0.6) is 0 Å². The second-order valence-electron chi connectivity index (χ2n) is 4.48. The summed E-state index contributed by atoms with van der Waals surface area (Å²) in [6, 6.07) is 4.91. The Morgan fingerprint density at radius 1 is 1.00 bits per heavy atom. The van der Waals surface area contributed by atoms with Crippen molar-refractivity contribution >= 4 is 5.87 Å². The van der Waals surface area contributed by atoms with Gasteiger partial charge >= 0.3 is 0 Å². The van der Waals surface area contributed by atoms with Crippen molar-refractivity contribution in [2.24, 2.45) is 0 Å². The van der Waals surface area contributed by atoms with Gasteiger partial charge in [-0.3, -0.25) is 5.87 Å². The van der Waals surface area contributed by atoms with E-state index in [0.717, 1.165) is 4.48 Å². The molecular formula is C13H15N5. The maximum atomic E-state index is 8.29. The van der Waals surface area contributed by atoms with Crippen LogP contribution in [0, 0.1) is 34.0 Å². The Bertz CT molecular complexity index is 469. The number of quaternary nitrogens is 1. The maximum absolute atomic E-state index is 8.29. The van der Waals surface area contributed by atoms with Crippen LogP contribution in [-0.4, -0.2) is 38.5 Å². The van der Waals surface area contributed by atoms with E-state index in [-0.39, 0.29) is 11.1 Å². The fourth-order valence-electron chi connectivity index (χ4n) is 0.440. The van der Waals surface area contributed by atoms with Crippen LogP contribution in [0.1, 0.15) is 0 Å². The number of hydrogen-bond acceptors (Lipinski definition) is 3. The van der Waals surface area contributed by atoms with Crippen LogP contribution in [0.15, 0.2) is 29.4 Å². The van der Waals surface area contributed by atoms with Crippen molar-refractivity contribution in [1.29, 1.82) is 15.8 Å². The largest absolute Gasteiger partial charge is 0.762 e. The molecule has 0 saturated carbocycles. The van der Waals surface area contributed by atoms with E-state index in [1.165, 1.54) is 18.2 Å². The Morgan fingerprint density at radius 2 is 1.44 bits per heavy atom. The third-order valence-electron chi connectivity index (χ3n) is 1.01. The van der Waals surface area contributed by atoms with Crippen LogP contribution in [0.3, 0.4) is 0 Å². The summed E-state index contributed by atoms with van der Waals surface area (Å²) in [5, 5.41) is 33.2. The molecule has 0 bridgehead atoms. The third kappa shape index (κ3) is 15.8. The summed E-state index contributed by atoms with van der Waals surface area (Å²) >= 11 is 0. The summed E-state index contributed by atoms with van der Waals surface area (Å²) in [5.74, 6) is 1.64. The van der Waals surface area contributed by atoms with Crippen molar-refractivity contribution in [3.05, 3.63) is 34.8 Å². The normalized spacial score (nSPS) is 8.72. The summed E-state index contributed by atoms with van der Waals surface area (Å²) < 4.78 is 1.00. The topological polar surface area (TPSA) is 93.7 Å². The van der Waals surface area contributed by atoms with Crippen LogP contribution in [0.2, 0.25) is 0 Å². The zero-order chi connectivity index (χ0) is 14.6. The van der Waals surface area contributed by atoms with E-state index in [2.05, 4.69) is 28.2 Å². The first-order valence-corrected chi connectivity index (χ1v) is 4.93. The van der Waals surface area contributed by atoms with Crippen molar-refractivity contribution in [1.82, 2.24) is 0 Å². The number of nitrogens with zero attached hydrogens (tertiary/aromatic N) is 5. The van der Waals surface area contributed by atoms with E-state index in [4.69, 9.17) is 21.2 Å². The molecule has 0 aliphatic rings. The first-order valence-electron chi connectivity index (χ1n) is 4.93. The zero-order valence-corrected chi connectivity index (χ0v) is 11.0. The molecule has 18 heavy (non-hydrogen) atoms. The van der Waals surface area contributed by atoms with Gasteiger partial charge in [0.2, 0.25) is 0 Å². The third-order valence-corrected chi connectivity index (χ3v) is 1.01. The fraction of sp³-hybridized carbons (Fsp3) is 0.308. The van der Waals surface area contributed by atoms with Crippen LogP contribution in [-0.2, 0) is 0 Å². The quantitative estimate of drug-likeness (QED) is 0.317. The SMILES string of the molecule is C[N+](C)(C)C.N#CC(=C=[N-])/C=C/C=C(C#N)C#N. The number of hydrogen-bond donors (Lipinski definition) is 0. The molecule has 0 spiro atoms. The van der Waals surface area contributed by atoms with E-state index < -0.39 is 0 Å². The highest BCUT2D eigenvalue weighted by molar-refractivity contribution is 5.70. The van der Waals surface area contributed by atoms with Gasteiger partial charge in [-0.15, -0.1) is 0 Å². The van der Waals surface area contributed by atoms with Gasteiger partial charge in [0.15, 0.2) is 0 Å². The molecule has 0 unspecified atom stereocenters. The van der Waals surface area contributed by atoms with Gasteiger partial charge in [-0.25, -0.2) is 0 Å². The number of nitriles is 3. The molecule has 0 amide bonds. The highest BCUT2D eigenvalue weighted by Gasteiger charge is 1.88. The average Bonchev–Trinajstić information content (AvgIpc) is 2.27. The summed E-state index contributed by atoms with van der Waals surface area (Å²) in [6.07, 6.45) is 3.77. The van der Waals surface area contributed by atoms with Gasteiger partial charge < -0.3 is 9.89 Å². The molecule has 5 heteroatoms. The molecule has 0 fully saturated rings. The van der Waals surface area contributed by atoms with Crippen molar-refractivity contribution in [2.75, 3.05) is 28.2 Å². The molecule has 0 rings (SSSR count). The highest BCUT2D eigenvalue weighted by Crippen LogP contribution is 1.93. The van der Waals surface area contributed by atoms with Crippen molar-refractivity contribution in [3.8, 4) is 18.2 Å². The van der Waals surface area contributed by atoms with Crippen LogP contribution < -0.4 is 0 Å². The van der Waals surface area contributed by atoms with Gasteiger partial charge in [-0.05, 0) is 12.2 Å². The van der Waals surface area contributed by atoms with Crippen LogP contribution in [0.25, 0.3) is 5.41 Å². The van der Waals surface area contributed by atoms with E-state index in [1.54, 1.807) is 24.1 Å². The lowest BCUT2D eigenvalue weighted by Gasteiger charge is -2.14. The van der Waals surface area contributed by atoms with Crippen molar-refractivity contribution < 1.29 is 4.48 Å². The molecule has 0 heterocycles. The summed E-state index contributed by atoms with van der Waals surface area (Å²) in [7, 11) is 8.50. The molecule has 0 aromatic carbocycles. The number of rotatable bonds is 2. The molecule has 0 saturated heterocycles. The number of allylic oxidation sites excluding steroid dienone is 5. The van der Waals surface area contributed by atoms with Crippen molar-refractivity contribution in [3.63, 3.8) is 0 Å². The Hall–Kier alpha value is -2.64. The van der Waals surface area contributed by atoms with Gasteiger partial charge in [0, 0.05) is 0 Å². The first kappa shape index (κ1) is 17.7. The smallest absolute Gasteiger partial charge is 0.129 e. The standard InChI is InChI=1S/C9H3N4.C4H12N/c10-4-8(5-11)2-1-3-9(6-12)7-13;1-5(2,3)4/h1-3H;1-4H3/q-1;+1/b2-1+;. The molecular weight excluding hydrogens is 226 g/mol. The zero-order valence-electron chi connectivity index (χ0n) is 11.0. The molecule has 92 valence electrons. The monoisotopic (exact) mass is 241 g/mol. The van der Waals surface area contributed by atoms with Gasteiger partial charge in [-0.1, -0.05) is 6.08 Å². The summed E-state index contributed by atoms with van der Waals surface area (Å²) in [6.45, 7) is 0. The molecule has 0 aliphatic heterocycles. The minimum atomic E-state index is -0.0773. The second kappa shape index (κ2) is 9.58. The van der Waals surface area contributed by atoms with E-state index in [1.807, 2.05) is 0 Å². The highest BCUT2D eigenvalue weighted by atomic mass is 15.2. The van der Waals surface area contributed by atoms with E-state index in [9.17, 15) is 0 Å².